The summed E-state index contributed by atoms with van der Waals surface area (Å²) < 4.78 is 1.27. The van der Waals surface area contributed by atoms with Gasteiger partial charge in [0.2, 0.25) is 0 Å². The molecule has 0 aromatic heterocycles. The third-order valence-corrected chi connectivity index (χ3v) is 5.51. The van der Waals surface area contributed by atoms with Crippen molar-refractivity contribution in [1.29, 1.82) is 0 Å². The fourth-order valence-corrected chi connectivity index (χ4v) is 4.60. The van der Waals surface area contributed by atoms with Crippen LogP contribution in [0.1, 0.15) is 38.5 Å². The van der Waals surface area contributed by atoms with Crippen LogP contribution in [0.5, 0.6) is 0 Å². The van der Waals surface area contributed by atoms with Crippen LogP contribution < -0.4 is 0 Å². The molecule has 4 atom stereocenters. The Hall–Kier alpha value is -0.0800. The Balaban J connectivity index is 1.81. The highest BCUT2D eigenvalue weighted by molar-refractivity contribution is 4.94. The number of hydrogen-bond acceptors (Lipinski definition) is 1. The van der Waals surface area contributed by atoms with Gasteiger partial charge in [-0.25, -0.2) is 0 Å². The van der Waals surface area contributed by atoms with Crippen LogP contribution in [0, 0.1) is 11.8 Å². The van der Waals surface area contributed by atoms with Crippen molar-refractivity contribution < 1.29 is 9.59 Å². The molecular weight excluding hydrogens is 186 g/mol. The monoisotopic (exact) mass is 210 g/mol. The van der Waals surface area contributed by atoms with Gasteiger partial charge in [-0.3, -0.25) is 0 Å². The van der Waals surface area contributed by atoms with Crippen LogP contribution >= 0.6 is 0 Å². The van der Waals surface area contributed by atoms with E-state index in [0.29, 0.717) is 11.8 Å². The first-order valence-corrected chi connectivity index (χ1v) is 6.73. The van der Waals surface area contributed by atoms with Crippen molar-refractivity contribution >= 4 is 0 Å². The van der Waals surface area contributed by atoms with E-state index in [1.54, 1.807) is 0 Å². The molecule has 0 aromatic rings. The van der Waals surface area contributed by atoms with Gasteiger partial charge >= 0.3 is 0 Å². The molecule has 1 aliphatic heterocycles. The van der Waals surface area contributed by atoms with E-state index in [4.69, 9.17) is 0 Å². The summed E-state index contributed by atoms with van der Waals surface area (Å²) in [7, 11) is 2.43. The summed E-state index contributed by atoms with van der Waals surface area (Å²) in [5.41, 5.74) is 0. The summed E-state index contributed by atoms with van der Waals surface area (Å²) in [5, 5.41) is 10.2. The number of hydrogen-bond donors (Lipinski definition) is 1. The standard InChI is InChI=1S/C13H24NO/c1-14(8-2-3-9-14)12-7-5-10-4-6-11(12)13(10)15/h10-13,15H,2-9H2,1H3/q+1/t10-,11+,12-,13-/m1/s1. The molecule has 2 aliphatic carbocycles. The number of fused-ring (bicyclic) bond motifs is 2. The van der Waals surface area contributed by atoms with Crippen molar-refractivity contribution in [3.05, 3.63) is 0 Å². The van der Waals surface area contributed by atoms with Gasteiger partial charge < -0.3 is 9.59 Å². The van der Waals surface area contributed by atoms with E-state index in [0.717, 1.165) is 6.04 Å². The Kier molecular flexibility index (Phi) is 2.33. The van der Waals surface area contributed by atoms with E-state index >= 15 is 0 Å². The summed E-state index contributed by atoms with van der Waals surface area (Å²) in [5.74, 6) is 1.28. The van der Waals surface area contributed by atoms with E-state index in [1.165, 1.54) is 56.1 Å². The highest BCUT2D eigenvalue weighted by atomic mass is 16.3. The normalized spacial score (nSPS) is 48.4. The molecule has 86 valence electrons. The Bertz CT molecular complexity index is 247. The highest BCUT2D eigenvalue weighted by Gasteiger charge is 2.51. The summed E-state index contributed by atoms with van der Waals surface area (Å²) in [6, 6.07) is 0.779. The van der Waals surface area contributed by atoms with Gasteiger partial charge in [-0.1, -0.05) is 0 Å². The van der Waals surface area contributed by atoms with Crippen molar-refractivity contribution in [1.82, 2.24) is 0 Å². The zero-order chi connectivity index (χ0) is 10.5. The molecule has 3 rings (SSSR count). The quantitative estimate of drug-likeness (QED) is 0.654. The SMILES string of the molecule is C[N+]1([C@@H]2CC[C@H]3CC[C@@H]2[C@@H]3O)CCCC1. The maximum atomic E-state index is 10.2. The fraction of sp³-hybridized carbons (Fsp3) is 1.00. The lowest BCUT2D eigenvalue weighted by Crippen LogP contribution is -2.56. The first-order valence-electron chi connectivity index (χ1n) is 6.73. The molecule has 0 aromatic carbocycles. The van der Waals surface area contributed by atoms with Crippen LogP contribution in [-0.2, 0) is 0 Å². The van der Waals surface area contributed by atoms with Crippen molar-refractivity contribution in [3.8, 4) is 0 Å². The zero-order valence-corrected chi connectivity index (χ0v) is 9.86. The lowest BCUT2D eigenvalue weighted by molar-refractivity contribution is -0.927. The summed E-state index contributed by atoms with van der Waals surface area (Å²) >= 11 is 0. The molecule has 2 nitrogen and oxygen atoms in total. The van der Waals surface area contributed by atoms with Gasteiger partial charge in [0.15, 0.2) is 0 Å². The molecule has 1 N–H and O–H groups in total. The van der Waals surface area contributed by atoms with Crippen LogP contribution in [0.2, 0.25) is 0 Å². The molecule has 15 heavy (non-hydrogen) atoms. The molecule has 2 bridgehead atoms. The average Bonchev–Trinajstić information content (AvgIpc) is 2.72. The number of aliphatic hydroxyl groups excluding tert-OH is 1. The van der Waals surface area contributed by atoms with Gasteiger partial charge in [0, 0.05) is 25.2 Å². The number of quaternary nitrogens is 1. The molecule has 1 heterocycles. The van der Waals surface area contributed by atoms with Gasteiger partial charge in [-0.05, 0) is 25.2 Å². The molecule has 2 saturated carbocycles. The minimum absolute atomic E-state index is 0.0410. The molecule has 0 radical (unpaired) electrons. The Labute approximate surface area is 92.9 Å². The predicted octanol–water partition coefficient (Wildman–Crippen LogP) is 1.78. The number of nitrogens with zero attached hydrogens (tertiary/aromatic N) is 1. The third-order valence-electron chi connectivity index (χ3n) is 5.51. The number of aliphatic hydroxyl groups is 1. The largest absolute Gasteiger partial charge is 0.392 e. The van der Waals surface area contributed by atoms with Crippen molar-refractivity contribution in [2.45, 2.75) is 50.7 Å². The van der Waals surface area contributed by atoms with E-state index in [1.807, 2.05) is 0 Å². The van der Waals surface area contributed by atoms with E-state index in [9.17, 15) is 5.11 Å². The minimum Gasteiger partial charge on any atom is -0.392 e. The van der Waals surface area contributed by atoms with Crippen LogP contribution in [0.25, 0.3) is 0 Å². The van der Waals surface area contributed by atoms with Crippen LogP contribution in [0.4, 0.5) is 0 Å². The maximum absolute atomic E-state index is 10.2. The molecule has 0 unspecified atom stereocenters. The minimum atomic E-state index is 0.0410. The summed E-state index contributed by atoms with van der Waals surface area (Å²) in [6.45, 7) is 2.72. The van der Waals surface area contributed by atoms with Crippen molar-refractivity contribution in [2.75, 3.05) is 20.1 Å². The first-order chi connectivity index (χ1) is 7.21. The maximum Gasteiger partial charge on any atom is 0.0941 e. The number of rotatable bonds is 1. The summed E-state index contributed by atoms with van der Waals surface area (Å²) in [6.07, 6.45) is 8.10. The van der Waals surface area contributed by atoms with Gasteiger partial charge in [-0.15, -0.1) is 0 Å². The highest BCUT2D eigenvalue weighted by Crippen LogP contribution is 2.46. The smallest absolute Gasteiger partial charge is 0.0941 e. The third kappa shape index (κ3) is 1.45. The van der Waals surface area contributed by atoms with Gasteiger partial charge in [0.05, 0.1) is 32.3 Å². The van der Waals surface area contributed by atoms with E-state index < -0.39 is 0 Å². The molecule has 0 amide bonds. The predicted molar refractivity (Wildman–Crippen MR) is 60.4 cm³/mol. The van der Waals surface area contributed by atoms with Gasteiger partial charge in [0.1, 0.15) is 0 Å². The van der Waals surface area contributed by atoms with Crippen LogP contribution in [0.15, 0.2) is 0 Å². The molecule has 0 spiro atoms. The molecule has 3 aliphatic rings. The lowest BCUT2D eigenvalue weighted by Gasteiger charge is -2.45. The Morgan fingerprint density at radius 3 is 2.40 bits per heavy atom. The Morgan fingerprint density at radius 2 is 1.67 bits per heavy atom. The van der Waals surface area contributed by atoms with Crippen molar-refractivity contribution in [2.24, 2.45) is 11.8 Å². The summed E-state index contributed by atoms with van der Waals surface area (Å²) in [4.78, 5) is 0. The van der Waals surface area contributed by atoms with Crippen molar-refractivity contribution in [3.63, 3.8) is 0 Å². The Morgan fingerprint density at radius 1 is 1.00 bits per heavy atom. The van der Waals surface area contributed by atoms with Crippen LogP contribution in [0.3, 0.4) is 0 Å². The molecular formula is C13H24NO+. The lowest BCUT2D eigenvalue weighted by atomic mass is 9.80. The zero-order valence-electron chi connectivity index (χ0n) is 9.86. The van der Waals surface area contributed by atoms with Gasteiger partial charge in [-0.2, -0.15) is 0 Å². The second-order valence-electron chi connectivity index (χ2n) is 6.27. The molecule has 3 fully saturated rings. The number of likely N-dealkylation sites (tertiary alicyclic amines) is 1. The van der Waals surface area contributed by atoms with E-state index in [2.05, 4.69) is 7.05 Å². The second-order valence-corrected chi connectivity index (χ2v) is 6.27. The second kappa shape index (κ2) is 3.46. The molecule has 1 saturated heterocycles. The molecule has 2 heteroatoms. The first kappa shape index (κ1) is 10.1. The van der Waals surface area contributed by atoms with E-state index in [-0.39, 0.29) is 6.10 Å². The van der Waals surface area contributed by atoms with Gasteiger partial charge in [0.25, 0.3) is 0 Å². The fourth-order valence-electron chi connectivity index (χ4n) is 4.60. The van der Waals surface area contributed by atoms with Crippen LogP contribution in [-0.4, -0.2) is 41.9 Å². The average molecular weight is 210 g/mol. The topological polar surface area (TPSA) is 20.2 Å².